The fraction of sp³-hybridized carbons (Fsp3) is 0.833. The standard InChI is InChI=1S/C12H22N4/c1-4-10-14-11(16(3)15-10)12(5-2)7-6-8-13-9-12/h13H,4-9H2,1-3H3. The smallest absolute Gasteiger partial charge is 0.150 e. The van der Waals surface area contributed by atoms with E-state index in [2.05, 4.69) is 24.3 Å². The van der Waals surface area contributed by atoms with Crippen LogP contribution in [0.4, 0.5) is 0 Å². The zero-order valence-corrected chi connectivity index (χ0v) is 10.6. The van der Waals surface area contributed by atoms with Gasteiger partial charge in [-0.3, -0.25) is 4.68 Å². The van der Waals surface area contributed by atoms with Crippen LogP contribution >= 0.6 is 0 Å². The molecule has 1 aromatic rings. The van der Waals surface area contributed by atoms with Crippen LogP contribution in [0, 0.1) is 0 Å². The van der Waals surface area contributed by atoms with Crippen LogP contribution in [0.25, 0.3) is 0 Å². The molecule has 0 aliphatic carbocycles. The highest BCUT2D eigenvalue weighted by Crippen LogP contribution is 2.32. The first kappa shape index (κ1) is 11.6. The van der Waals surface area contributed by atoms with Crippen molar-refractivity contribution in [2.75, 3.05) is 13.1 Å². The lowest BCUT2D eigenvalue weighted by Crippen LogP contribution is -2.44. The van der Waals surface area contributed by atoms with Gasteiger partial charge in [-0.05, 0) is 25.8 Å². The minimum absolute atomic E-state index is 0.202. The molecule has 1 unspecified atom stereocenters. The first-order valence-corrected chi connectivity index (χ1v) is 6.33. The Morgan fingerprint density at radius 2 is 2.25 bits per heavy atom. The molecule has 1 atom stereocenters. The molecule has 1 aliphatic heterocycles. The topological polar surface area (TPSA) is 42.7 Å². The lowest BCUT2D eigenvalue weighted by molar-refractivity contribution is 0.279. The van der Waals surface area contributed by atoms with Gasteiger partial charge in [-0.15, -0.1) is 0 Å². The van der Waals surface area contributed by atoms with Crippen LogP contribution in [-0.4, -0.2) is 27.9 Å². The summed E-state index contributed by atoms with van der Waals surface area (Å²) in [5.41, 5.74) is 0.202. The van der Waals surface area contributed by atoms with Gasteiger partial charge in [0, 0.05) is 25.4 Å². The average Bonchev–Trinajstić information content (AvgIpc) is 2.72. The summed E-state index contributed by atoms with van der Waals surface area (Å²) in [6.45, 7) is 6.55. The minimum atomic E-state index is 0.202. The summed E-state index contributed by atoms with van der Waals surface area (Å²) in [6, 6.07) is 0. The van der Waals surface area contributed by atoms with Gasteiger partial charge in [-0.25, -0.2) is 4.98 Å². The molecular formula is C12H22N4. The Balaban J connectivity index is 2.34. The Morgan fingerprint density at radius 1 is 1.44 bits per heavy atom. The van der Waals surface area contributed by atoms with Crippen LogP contribution in [0.5, 0.6) is 0 Å². The van der Waals surface area contributed by atoms with Gasteiger partial charge in [0.05, 0.1) is 0 Å². The van der Waals surface area contributed by atoms with Crippen molar-refractivity contribution in [3.05, 3.63) is 11.6 Å². The predicted octanol–water partition coefficient (Wildman–Crippen LogP) is 1.41. The highest BCUT2D eigenvalue weighted by Gasteiger charge is 2.36. The van der Waals surface area contributed by atoms with Gasteiger partial charge in [-0.2, -0.15) is 5.10 Å². The van der Waals surface area contributed by atoms with Crippen LogP contribution in [0.2, 0.25) is 0 Å². The van der Waals surface area contributed by atoms with Crippen molar-refractivity contribution in [3.63, 3.8) is 0 Å². The van der Waals surface area contributed by atoms with E-state index in [1.807, 2.05) is 11.7 Å². The summed E-state index contributed by atoms with van der Waals surface area (Å²) >= 11 is 0. The Bertz CT molecular complexity index is 350. The summed E-state index contributed by atoms with van der Waals surface area (Å²) in [5.74, 6) is 2.13. The first-order valence-electron chi connectivity index (χ1n) is 6.33. The number of aryl methyl sites for hydroxylation is 2. The maximum Gasteiger partial charge on any atom is 0.150 e. The zero-order valence-electron chi connectivity index (χ0n) is 10.6. The largest absolute Gasteiger partial charge is 0.316 e. The third-order valence-corrected chi connectivity index (χ3v) is 3.75. The monoisotopic (exact) mass is 222 g/mol. The molecule has 2 rings (SSSR count). The Hall–Kier alpha value is -0.900. The maximum atomic E-state index is 4.71. The van der Waals surface area contributed by atoms with E-state index in [0.29, 0.717) is 0 Å². The second-order valence-corrected chi connectivity index (χ2v) is 4.74. The summed E-state index contributed by atoms with van der Waals surface area (Å²) in [6.07, 6.45) is 4.52. The first-order chi connectivity index (χ1) is 7.72. The number of aromatic nitrogens is 3. The van der Waals surface area contributed by atoms with E-state index in [1.165, 1.54) is 18.7 Å². The molecule has 4 heteroatoms. The molecule has 0 bridgehead atoms. The molecular weight excluding hydrogens is 200 g/mol. The number of nitrogens with zero attached hydrogens (tertiary/aromatic N) is 3. The summed E-state index contributed by atoms with van der Waals surface area (Å²) in [4.78, 5) is 4.71. The Labute approximate surface area is 97.5 Å². The molecule has 90 valence electrons. The number of hydrogen-bond acceptors (Lipinski definition) is 3. The third-order valence-electron chi connectivity index (χ3n) is 3.75. The fourth-order valence-corrected chi connectivity index (χ4v) is 2.67. The molecule has 0 spiro atoms. The maximum absolute atomic E-state index is 4.71. The molecule has 0 radical (unpaired) electrons. The summed E-state index contributed by atoms with van der Waals surface area (Å²) < 4.78 is 1.98. The van der Waals surface area contributed by atoms with Crippen molar-refractivity contribution in [3.8, 4) is 0 Å². The molecule has 0 saturated carbocycles. The SMILES string of the molecule is CCc1nc(C2(CC)CCCNC2)n(C)n1. The Morgan fingerprint density at radius 3 is 2.75 bits per heavy atom. The second-order valence-electron chi connectivity index (χ2n) is 4.74. The molecule has 16 heavy (non-hydrogen) atoms. The van der Waals surface area contributed by atoms with Gasteiger partial charge in [-0.1, -0.05) is 13.8 Å². The van der Waals surface area contributed by atoms with Gasteiger partial charge in [0.2, 0.25) is 0 Å². The van der Waals surface area contributed by atoms with Crippen molar-refractivity contribution in [1.29, 1.82) is 0 Å². The number of piperidine rings is 1. The van der Waals surface area contributed by atoms with E-state index >= 15 is 0 Å². The molecule has 1 fully saturated rings. The fourth-order valence-electron chi connectivity index (χ4n) is 2.67. The molecule has 1 N–H and O–H groups in total. The number of hydrogen-bond donors (Lipinski definition) is 1. The van der Waals surface area contributed by atoms with Crippen LogP contribution in [0.3, 0.4) is 0 Å². The van der Waals surface area contributed by atoms with Gasteiger partial charge in [0.15, 0.2) is 5.82 Å². The highest BCUT2D eigenvalue weighted by atomic mass is 15.3. The molecule has 1 saturated heterocycles. The quantitative estimate of drug-likeness (QED) is 0.841. The van der Waals surface area contributed by atoms with Crippen LogP contribution in [0.15, 0.2) is 0 Å². The van der Waals surface area contributed by atoms with Crippen LogP contribution < -0.4 is 5.32 Å². The van der Waals surface area contributed by atoms with E-state index in [1.54, 1.807) is 0 Å². The van der Waals surface area contributed by atoms with Crippen molar-refractivity contribution in [2.24, 2.45) is 7.05 Å². The van der Waals surface area contributed by atoms with E-state index in [0.717, 1.165) is 31.8 Å². The number of nitrogens with one attached hydrogen (secondary N) is 1. The zero-order chi connectivity index (χ0) is 11.6. The van der Waals surface area contributed by atoms with E-state index in [4.69, 9.17) is 4.98 Å². The predicted molar refractivity (Wildman–Crippen MR) is 64.5 cm³/mol. The van der Waals surface area contributed by atoms with Gasteiger partial charge >= 0.3 is 0 Å². The minimum Gasteiger partial charge on any atom is -0.316 e. The molecule has 0 amide bonds. The van der Waals surface area contributed by atoms with E-state index in [9.17, 15) is 0 Å². The summed E-state index contributed by atoms with van der Waals surface area (Å²) in [5, 5.41) is 7.97. The van der Waals surface area contributed by atoms with Crippen molar-refractivity contribution in [2.45, 2.75) is 44.9 Å². The van der Waals surface area contributed by atoms with Gasteiger partial charge < -0.3 is 5.32 Å². The molecule has 0 aromatic carbocycles. The van der Waals surface area contributed by atoms with E-state index in [-0.39, 0.29) is 5.41 Å². The average molecular weight is 222 g/mol. The highest BCUT2D eigenvalue weighted by molar-refractivity contribution is 5.12. The lowest BCUT2D eigenvalue weighted by atomic mass is 9.77. The number of rotatable bonds is 3. The van der Waals surface area contributed by atoms with Crippen LogP contribution in [0.1, 0.15) is 44.8 Å². The molecule has 1 aromatic heterocycles. The molecule has 2 heterocycles. The van der Waals surface area contributed by atoms with E-state index < -0.39 is 0 Å². The lowest BCUT2D eigenvalue weighted by Gasteiger charge is -2.35. The molecule has 4 nitrogen and oxygen atoms in total. The molecule has 1 aliphatic rings. The van der Waals surface area contributed by atoms with Crippen molar-refractivity contribution >= 4 is 0 Å². The van der Waals surface area contributed by atoms with Gasteiger partial charge in [0.1, 0.15) is 5.82 Å². The van der Waals surface area contributed by atoms with Gasteiger partial charge in [0.25, 0.3) is 0 Å². The van der Waals surface area contributed by atoms with Crippen LogP contribution in [-0.2, 0) is 18.9 Å². The second kappa shape index (κ2) is 4.53. The van der Waals surface area contributed by atoms with Crippen molar-refractivity contribution < 1.29 is 0 Å². The van der Waals surface area contributed by atoms with Crippen molar-refractivity contribution in [1.82, 2.24) is 20.1 Å². The summed E-state index contributed by atoms with van der Waals surface area (Å²) in [7, 11) is 2.02. The Kier molecular flexibility index (Phi) is 3.28. The normalized spacial score (nSPS) is 25.9. The third kappa shape index (κ3) is 1.86.